The third-order valence-corrected chi connectivity index (χ3v) is 3.39. The number of nitro benzene ring substituents is 2. The zero-order valence-corrected chi connectivity index (χ0v) is 11.8. The SMILES string of the molecule is O=[N+]([O-])c1cccc([N+](=O)[O-])c1-c1cccc(C(F)(F)F)c1Cl. The fraction of sp³-hybridized carbons (Fsp3) is 0.0769. The average molecular weight is 347 g/mol. The van der Waals surface area contributed by atoms with Crippen molar-refractivity contribution in [1.82, 2.24) is 0 Å². The third kappa shape index (κ3) is 3.09. The Morgan fingerprint density at radius 3 is 1.83 bits per heavy atom. The lowest BCUT2D eigenvalue weighted by molar-refractivity contribution is -0.392. The topological polar surface area (TPSA) is 86.3 Å². The first-order valence-electron chi connectivity index (χ1n) is 5.92. The maximum Gasteiger partial charge on any atom is 0.417 e. The van der Waals surface area contributed by atoms with Gasteiger partial charge in [0.2, 0.25) is 0 Å². The summed E-state index contributed by atoms with van der Waals surface area (Å²) in [6.45, 7) is 0. The molecule has 23 heavy (non-hydrogen) atoms. The summed E-state index contributed by atoms with van der Waals surface area (Å²) in [5.41, 5.74) is -3.65. The van der Waals surface area contributed by atoms with Crippen LogP contribution in [0.5, 0.6) is 0 Å². The van der Waals surface area contributed by atoms with Crippen LogP contribution in [0.2, 0.25) is 5.02 Å². The fourth-order valence-electron chi connectivity index (χ4n) is 2.05. The molecule has 0 heterocycles. The second-order valence-corrected chi connectivity index (χ2v) is 4.73. The minimum atomic E-state index is -4.80. The van der Waals surface area contributed by atoms with E-state index in [-0.39, 0.29) is 0 Å². The summed E-state index contributed by atoms with van der Waals surface area (Å²) in [4.78, 5) is 20.3. The smallest absolute Gasteiger partial charge is 0.258 e. The standard InChI is InChI=1S/C13H6ClF3N2O4/c14-12-7(3-1-4-8(12)13(15,16)17)11-9(18(20)21)5-2-6-10(11)19(22)23/h1-6H. The molecule has 0 spiro atoms. The largest absolute Gasteiger partial charge is 0.417 e. The van der Waals surface area contributed by atoms with Gasteiger partial charge >= 0.3 is 6.18 Å². The highest BCUT2D eigenvalue weighted by atomic mass is 35.5. The molecule has 0 aliphatic carbocycles. The van der Waals surface area contributed by atoms with Gasteiger partial charge in [-0.05, 0) is 12.1 Å². The van der Waals surface area contributed by atoms with E-state index in [1.54, 1.807) is 0 Å². The molecule has 0 saturated carbocycles. The van der Waals surface area contributed by atoms with Crippen molar-refractivity contribution in [2.24, 2.45) is 0 Å². The van der Waals surface area contributed by atoms with E-state index in [2.05, 4.69) is 0 Å². The molecule has 2 aromatic rings. The maximum atomic E-state index is 12.9. The molecular formula is C13H6ClF3N2O4. The van der Waals surface area contributed by atoms with Crippen LogP contribution in [0, 0.1) is 20.2 Å². The molecular weight excluding hydrogens is 341 g/mol. The van der Waals surface area contributed by atoms with E-state index in [1.807, 2.05) is 0 Å². The summed E-state index contributed by atoms with van der Waals surface area (Å²) in [6, 6.07) is 5.71. The normalized spacial score (nSPS) is 11.3. The fourth-order valence-corrected chi connectivity index (χ4v) is 2.38. The van der Waals surface area contributed by atoms with Crippen LogP contribution < -0.4 is 0 Å². The van der Waals surface area contributed by atoms with Gasteiger partial charge in [-0.3, -0.25) is 20.2 Å². The van der Waals surface area contributed by atoms with Gasteiger partial charge in [0.25, 0.3) is 11.4 Å². The van der Waals surface area contributed by atoms with Crippen LogP contribution in [0.4, 0.5) is 24.5 Å². The highest BCUT2D eigenvalue weighted by Gasteiger charge is 2.36. The Labute approximate surface area is 131 Å². The second-order valence-electron chi connectivity index (χ2n) is 4.35. The second kappa shape index (κ2) is 5.84. The summed E-state index contributed by atoms with van der Waals surface area (Å²) in [5, 5.41) is 21.3. The average Bonchev–Trinajstić information content (AvgIpc) is 2.45. The van der Waals surface area contributed by atoms with Gasteiger partial charge in [-0.15, -0.1) is 0 Å². The molecule has 0 N–H and O–H groups in total. The van der Waals surface area contributed by atoms with E-state index in [0.29, 0.717) is 6.07 Å². The van der Waals surface area contributed by atoms with Gasteiger partial charge in [0.15, 0.2) is 0 Å². The molecule has 0 bridgehead atoms. The monoisotopic (exact) mass is 346 g/mol. The molecule has 10 heteroatoms. The van der Waals surface area contributed by atoms with Gasteiger partial charge in [0, 0.05) is 17.7 Å². The molecule has 0 aliphatic heterocycles. The van der Waals surface area contributed by atoms with Gasteiger partial charge in [-0.1, -0.05) is 23.7 Å². The van der Waals surface area contributed by atoms with E-state index in [9.17, 15) is 33.4 Å². The van der Waals surface area contributed by atoms with Crippen LogP contribution in [-0.4, -0.2) is 9.85 Å². The van der Waals surface area contributed by atoms with Crippen molar-refractivity contribution >= 4 is 23.0 Å². The van der Waals surface area contributed by atoms with Crippen molar-refractivity contribution in [3.8, 4) is 11.1 Å². The van der Waals surface area contributed by atoms with Crippen molar-refractivity contribution in [2.75, 3.05) is 0 Å². The molecule has 2 aromatic carbocycles. The first-order valence-corrected chi connectivity index (χ1v) is 6.30. The first kappa shape index (κ1) is 16.7. The Bertz CT molecular complexity index is 776. The lowest BCUT2D eigenvalue weighted by Crippen LogP contribution is -2.07. The summed E-state index contributed by atoms with van der Waals surface area (Å²) in [6.07, 6.45) is -4.80. The lowest BCUT2D eigenvalue weighted by Gasteiger charge is -2.12. The number of hydrogen-bond acceptors (Lipinski definition) is 4. The van der Waals surface area contributed by atoms with Crippen LogP contribution in [0.1, 0.15) is 5.56 Å². The molecule has 0 fully saturated rings. The number of alkyl halides is 3. The Hall–Kier alpha value is -2.68. The molecule has 0 unspecified atom stereocenters. The summed E-state index contributed by atoms with van der Waals surface area (Å²) >= 11 is 5.72. The predicted octanol–water partition coefficient (Wildman–Crippen LogP) is 4.84. The Balaban J connectivity index is 2.87. The van der Waals surface area contributed by atoms with E-state index in [1.165, 1.54) is 0 Å². The van der Waals surface area contributed by atoms with Crippen LogP contribution >= 0.6 is 11.6 Å². The summed E-state index contributed by atoms with van der Waals surface area (Å²) in [5.74, 6) is 0. The molecule has 0 radical (unpaired) electrons. The molecule has 0 aromatic heterocycles. The van der Waals surface area contributed by atoms with Crippen molar-refractivity contribution in [2.45, 2.75) is 6.18 Å². The van der Waals surface area contributed by atoms with E-state index < -0.39 is 49.1 Å². The van der Waals surface area contributed by atoms with Crippen LogP contribution in [0.15, 0.2) is 36.4 Å². The molecule has 2 rings (SSSR count). The minimum absolute atomic E-state index is 0.430. The molecule has 0 amide bonds. The van der Waals surface area contributed by atoms with E-state index in [4.69, 9.17) is 11.6 Å². The van der Waals surface area contributed by atoms with Crippen molar-refractivity contribution < 1.29 is 23.0 Å². The Morgan fingerprint density at radius 1 is 0.913 bits per heavy atom. The highest BCUT2D eigenvalue weighted by Crippen LogP contribution is 2.45. The third-order valence-electron chi connectivity index (χ3n) is 2.99. The number of halogens is 4. The van der Waals surface area contributed by atoms with Gasteiger partial charge in [0.1, 0.15) is 5.56 Å². The quantitative estimate of drug-likeness (QED) is 0.587. The number of hydrogen-bond donors (Lipinski definition) is 0. The van der Waals surface area contributed by atoms with Gasteiger partial charge in [0.05, 0.1) is 20.4 Å². The van der Waals surface area contributed by atoms with Crippen LogP contribution in [-0.2, 0) is 6.18 Å². The van der Waals surface area contributed by atoms with E-state index in [0.717, 1.165) is 30.3 Å². The van der Waals surface area contributed by atoms with Crippen molar-refractivity contribution in [3.63, 3.8) is 0 Å². The first-order chi connectivity index (χ1) is 10.6. The van der Waals surface area contributed by atoms with Gasteiger partial charge < -0.3 is 0 Å². The highest BCUT2D eigenvalue weighted by molar-refractivity contribution is 6.34. The summed E-state index contributed by atoms with van der Waals surface area (Å²) in [7, 11) is 0. The Morgan fingerprint density at radius 2 is 1.39 bits per heavy atom. The van der Waals surface area contributed by atoms with Crippen LogP contribution in [0.25, 0.3) is 11.1 Å². The van der Waals surface area contributed by atoms with Gasteiger partial charge in [-0.25, -0.2) is 0 Å². The molecule has 0 aliphatic rings. The molecule has 0 atom stereocenters. The predicted molar refractivity (Wildman–Crippen MR) is 75.2 cm³/mol. The van der Waals surface area contributed by atoms with Crippen LogP contribution in [0.3, 0.4) is 0 Å². The Kier molecular flexibility index (Phi) is 4.24. The maximum absolute atomic E-state index is 12.9. The lowest BCUT2D eigenvalue weighted by atomic mass is 9.99. The van der Waals surface area contributed by atoms with Crippen molar-refractivity contribution in [3.05, 3.63) is 67.2 Å². The zero-order valence-electron chi connectivity index (χ0n) is 11.0. The minimum Gasteiger partial charge on any atom is -0.258 e. The number of nitro groups is 2. The molecule has 6 nitrogen and oxygen atoms in total. The van der Waals surface area contributed by atoms with Crippen molar-refractivity contribution in [1.29, 1.82) is 0 Å². The molecule has 120 valence electrons. The number of benzene rings is 2. The number of rotatable bonds is 3. The van der Waals surface area contributed by atoms with Gasteiger partial charge in [-0.2, -0.15) is 13.2 Å². The number of nitrogens with zero attached hydrogens (tertiary/aromatic N) is 2. The molecule has 0 saturated heterocycles. The summed E-state index contributed by atoms with van der Waals surface area (Å²) < 4.78 is 38.7. The van der Waals surface area contributed by atoms with E-state index >= 15 is 0 Å². The zero-order chi connectivity index (χ0) is 17.4.